The number of nitrogens with two attached hydrogens (primary N) is 2. The zero-order valence-corrected chi connectivity index (χ0v) is 15.9. The van der Waals surface area contributed by atoms with E-state index in [2.05, 4.69) is 20.2 Å². The number of H-pyrrole nitrogens is 1. The number of rotatable bonds is 3. The van der Waals surface area contributed by atoms with Gasteiger partial charge in [0.15, 0.2) is 5.69 Å². The lowest BCUT2D eigenvalue weighted by molar-refractivity contribution is 0.0995. The maximum atomic E-state index is 14.2. The Labute approximate surface area is 173 Å². The van der Waals surface area contributed by atoms with Gasteiger partial charge in [-0.2, -0.15) is 0 Å². The van der Waals surface area contributed by atoms with Crippen molar-refractivity contribution < 1.29 is 13.6 Å². The minimum atomic E-state index is -0.753. The Balaban J connectivity index is 1.65. The van der Waals surface area contributed by atoms with Gasteiger partial charge in [0.25, 0.3) is 5.91 Å². The molecular formula is C22H14F2N6O. The van der Waals surface area contributed by atoms with Crippen LogP contribution in [-0.2, 0) is 0 Å². The predicted octanol–water partition coefficient (Wildman–Crippen LogP) is 3.80. The second-order valence-electron chi connectivity index (χ2n) is 6.97. The molecule has 0 saturated heterocycles. The van der Waals surface area contributed by atoms with Gasteiger partial charge in [-0.3, -0.25) is 4.79 Å². The van der Waals surface area contributed by atoms with Gasteiger partial charge < -0.3 is 16.5 Å². The molecule has 0 atom stereocenters. The molecule has 5 rings (SSSR count). The first kappa shape index (κ1) is 18.6. The van der Waals surface area contributed by atoms with E-state index < -0.39 is 17.5 Å². The molecule has 0 aliphatic carbocycles. The van der Waals surface area contributed by atoms with E-state index >= 15 is 0 Å². The summed E-state index contributed by atoms with van der Waals surface area (Å²) in [6.45, 7) is 0. The van der Waals surface area contributed by atoms with E-state index in [4.69, 9.17) is 11.5 Å². The number of primary amides is 1. The summed E-state index contributed by atoms with van der Waals surface area (Å²) < 4.78 is 27.4. The van der Waals surface area contributed by atoms with Gasteiger partial charge in [0.2, 0.25) is 0 Å². The normalized spacial score (nSPS) is 11.3. The highest BCUT2D eigenvalue weighted by molar-refractivity contribution is 6.07. The monoisotopic (exact) mass is 416 g/mol. The molecule has 0 saturated carbocycles. The Morgan fingerprint density at radius 2 is 1.81 bits per heavy atom. The molecule has 1 amide bonds. The highest BCUT2D eigenvalue weighted by Crippen LogP contribution is 2.32. The van der Waals surface area contributed by atoms with Crippen molar-refractivity contribution in [2.45, 2.75) is 0 Å². The summed E-state index contributed by atoms with van der Waals surface area (Å²) >= 11 is 0. The first-order chi connectivity index (χ1) is 14.9. The van der Waals surface area contributed by atoms with E-state index in [0.29, 0.717) is 21.9 Å². The fraction of sp³-hybridized carbons (Fsp3) is 0. The molecule has 0 aliphatic heterocycles. The van der Waals surface area contributed by atoms with Crippen LogP contribution in [0.15, 0.2) is 54.6 Å². The fourth-order valence-corrected chi connectivity index (χ4v) is 3.55. The van der Waals surface area contributed by atoms with Crippen LogP contribution >= 0.6 is 0 Å². The van der Waals surface area contributed by atoms with E-state index in [1.54, 1.807) is 18.2 Å². The summed E-state index contributed by atoms with van der Waals surface area (Å²) in [5.41, 5.74) is 14.9. The van der Waals surface area contributed by atoms with Crippen molar-refractivity contribution >= 4 is 33.5 Å². The number of nitrogen functional groups attached to an aromatic ring is 1. The fourth-order valence-electron chi connectivity index (χ4n) is 3.55. The Morgan fingerprint density at radius 1 is 0.968 bits per heavy atom. The molecule has 2 aromatic heterocycles. The van der Waals surface area contributed by atoms with Crippen LogP contribution in [0.5, 0.6) is 0 Å². The number of imidazole rings is 1. The second-order valence-corrected chi connectivity index (χ2v) is 6.97. The number of aromatic amines is 1. The molecule has 31 heavy (non-hydrogen) atoms. The average molecular weight is 416 g/mol. The summed E-state index contributed by atoms with van der Waals surface area (Å²) in [7, 11) is 0. The smallest absolute Gasteiger partial charge is 0.271 e. The zero-order valence-electron chi connectivity index (χ0n) is 15.9. The number of benzene rings is 3. The summed E-state index contributed by atoms with van der Waals surface area (Å²) in [5, 5.41) is 8.58. The average Bonchev–Trinajstić information content (AvgIpc) is 3.16. The van der Waals surface area contributed by atoms with Gasteiger partial charge in [-0.25, -0.2) is 13.8 Å². The van der Waals surface area contributed by atoms with Gasteiger partial charge in [0.05, 0.1) is 22.3 Å². The largest absolute Gasteiger partial charge is 0.396 e. The molecule has 0 fully saturated rings. The molecule has 0 unspecified atom stereocenters. The van der Waals surface area contributed by atoms with Crippen LogP contribution in [0.1, 0.15) is 10.5 Å². The number of carbonyl (C=O) groups is 1. The maximum Gasteiger partial charge on any atom is 0.271 e. The molecule has 5 N–H and O–H groups in total. The third kappa shape index (κ3) is 3.03. The topological polar surface area (TPSA) is 124 Å². The number of hydrogen-bond acceptors (Lipinski definition) is 5. The minimum absolute atomic E-state index is 0.0837. The van der Waals surface area contributed by atoms with E-state index in [1.807, 2.05) is 18.2 Å². The maximum absolute atomic E-state index is 14.2. The van der Waals surface area contributed by atoms with Gasteiger partial charge in [-0.05, 0) is 29.8 Å². The van der Waals surface area contributed by atoms with Crippen LogP contribution in [0.3, 0.4) is 0 Å². The van der Waals surface area contributed by atoms with Crippen LogP contribution < -0.4 is 11.5 Å². The molecule has 3 aromatic carbocycles. The van der Waals surface area contributed by atoms with Crippen molar-refractivity contribution in [2.75, 3.05) is 5.73 Å². The zero-order chi connectivity index (χ0) is 21.7. The lowest BCUT2D eigenvalue weighted by atomic mass is 10.0. The van der Waals surface area contributed by atoms with Crippen molar-refractivity contribution in [3.8, 4) is 22.5 Å². The number of aromatic nitrogens is 4. The van der Waals surface area contributed by atoms with E-state index in [1.165, 1.54) is 12.1 Å². The van der Waals surface area contributed by atoms with Crippen LogP contribution in [0.25, 0.3) is 44.5 Å². The SMILES string of the molecule is NC(=O)c1nnc2c(-c3ccc4nc(-c5ccc(F)cc5F)[nH]c4c3)cccc2c1N. The second kappa shape index (κ2) is 6.84. The van der Waals surface area contributed by atoms with Crippen LogP contribution in [0, 0.1) is 11.6 Å². The molecule has 5 aromatic rings. The Hall–Kier alpha value is -4.40. The first-order valence-corrected chi connectivity index (χ1v) is 9.22. The van der Waals surface area contributed by atoms with Crippen molar-refractivity contribution in [1.82, 2.24) is 20.2 Å². The third-order valence-electron chi connectivity index (χ3n) is 5.04. The van der Waals surface area contributed by atoms with Crippen molar-refractivity contribution in [3.63, 3.8) is 0 Å². The Morgan fingerprint density at radius 3 is 2.58 bits per heavy atom. The van der Waals surface area contributed by atoms with Crippen molar-refractivity contribution in [2.24, 2.45) is 5.73 Å². The molecule has 7 nitrogen and oxygen atoms in total. The highest BCUT2D eigenvalue weighted by atomic mass is 19.1. The van der Waals surface area contributed by atoms with Gasteiger partial charge in [-0.15, -0.1) is 10.2 Å². The van der Waals surface area contributed by atoms with E-state index in [-0.39, 0.29) is 22.8 Å². The minimum Gasteiger partial charge on any atom is -0.396 e. The van der Waals surface area contributed by atoms with Gasteiger partial charge in [0.1, 0.15) is 23.0 Å². The number of hydrogen-bond donors (Lipinski definition) is 3. The van der Waals surface area contributed by atoms with Crippen molar-refractivity contribution in [3.05, 3.63) is 71.9 Å². The number of carbonyl (C=O) groups excluding carboxylic acids is 1. The van der Waals surface area contributed by atoms with E-state index in [0.717, 1.165) is 17.2 Å². The number of nitrogens with one attached hydrogen (secondary N) is 1. The molecule has 0 spiro atoms. The third-order valence-corrected chi connectivity index (χ3v) is 5.04. The van der Waals surface area contributed by atoms with Gasteiger partial charge in [0, 0.05) is 17.0 Å². The predicted molar refractivity (Wildman–Crippen MR) is 113 cm³/mol. The Kier molecular flexibility index (Phi) is 4.11. The standard InChI is InChI=1S/C22H14F2N6O/c23-11-5-6-13(15(24)9-11)22-27-16-7-4-10(8-17(16)28-22)12-2-1-3-14-18(25)20(21(26)31)30-29-19(12)14/h1-9H,(H2,25,29)(H2,26,31)(H,27,28). The summed E-state index contributed by atoms with van der Waals surface area (Å²) in [5.74, 6) is -1.82. The highest BCUT2D eigenvalue weighted by Gasteiger charge is 2.16. The van der Waals surface area contributed by atoms with Crippen LogP contribution in [-0.4, -0.2) is 26.1 Å². The van der Waals surface area contributed by atoms with Gasteiger partial charge in [-0.1, -0.05) is 24.3 Å². The molecule has 2 heterocycles. The molecule has 0 bridgehead atoms. The molecule has 0 aliphatic rings. The summed E-state index contributed by atoms with van der Waals surface area (Å²) in [6.07, 6.45) is 0. The Bertz CT molecular complexity index is 1510. The quantitative estimate of drug-likeness (QED) is 0.413. The molecule has 9 heteroatoms. The van der Waals surface area contributed by atoms with Gasteiger partial charge >= 0.3 is 0 Å². The lowest BCUT2D eigenvalue weighted by Crippen LogP contribution is -2.16. The summed E-state index contributed by atoms with van der Waals surface area (Å²) in [4.78, 5) is 19.0. The number of halogens is 2. The molecular weight excluding hydrogens is 402 g/mol. The van der Waals surface area contributed by atoms with E-state index in [9.17, 15) is 13.6 Å². The summed E-state index contributed by atoms with van der Waals surface area (Å²) in [6, 6.07) is 14.1. The van der Waals surface area contributed by atoms with Crippen LogP contribution in [0.2, 0.25) is 0 Å². The molecule has 0 radical (unpaired) electrons. The number of amides is 1. The number of fused-ring (bicyclic) bond motifs is 2. The molecule has 152 valence electrons. The first-order valence-electron chi connectivity index (χ1n) is 9.22. The van der Waals surface area contributed by atoms with Crippen molar-refractivity contribution in [1.29, 1.82) is 0 Å². The lowest BCUT2D eigenvalue weighted by Gasteiger charge is -2.09. The number of nitrogens with zero attached hydrogens (tertiary/aromatic N) is 3. The van der Waals surface area contributed by atoms with Crippen LogP contribution in [0.4, 0.5) is 14.5 Å². The number of anilines is 1.